The fourth-order valence-corrected chi connectivity index (χ4v) is 6.08. The molecule has 10 nitrogen and oxygen atoms in total. The second kappa shape index (κ2) is 13.3. The molecule has 5 rings (SSSR count). The maximum atomic E-state index is 13.1. The van der Waals surface area contributed by atoms with Crippen molar-refractivity contribution < 1.29 is 18.4 Å². The molecular formula is C31H33F2N7O3. The summed E-state index contributed by atoms with van der Waals surface area (Å²) in [5, 5.41) is 23.3. The number of nitriles is 2. The number of halogens is 2. The zero-order valence-corrected chi connectivity index (χ0v) is 24.2. The van der Waals surface area contributed by atoms with E-state index in [-0.39, 0.29) is 23.2 Å². The highest BCUT2D eigenvalue weighted by molar-refractivity contribution is 6.02. The number of aromatic nitrogens is 2. The number of hydrogen-bond acceptors (Lipinski definition) is 9. The Morgan fingerprint density at radius 1 is 1.12 bits per heavy atom. The van der Waals surface area contributed by atoms with Gasteiger partial charge >= 0.3 is 6.61 Å². The Morgan fingerprint density at radius 2 is 1.81 bits per heavy atom. The summed E-state index contributed by atoms with van der Waals surface area (Å²) in [5.74, 6) is -0.118. The van der Waals surface area contributed by atoms with Crippen molar-refractivity contribution in [3.8, 4) is 12.1 Å². The summed E-state index contributed by atoms with van der Waals surface area (Å²) in [6.45, 7) is 0.921. The Kier molecular flexibility index (Phi) is 9.29. The van der Waals surface area contributed by atoms with Crippen LogP contribution in [0.4, 0.5) is 14.5 Å². The van der Waals surface area contributed by atoms with Gasteiger partial charge in [0, 0.05) is 45.7 Å². The third-order valence-electron chi connectivity index (χ3n) is 8.42. The van der Waals surface area contributed by atoms with Gasteiger partial charge in [0.2, 0.25) is 0 Å². The lowest BCUT2D eigenvalue weighted by Crippen LogP contribution is -2.39. The number of rotatable bonds is 8. The molecule has 1 saturated heterocycles. The Labute approximate surface area is 248 Å². The molecule has 2 fully saturated rings. The number of fused-ring (bicyclic) bond motifs is 1. The van der Waals surface area contributed by atoms with E-state index in [2.05, 4.69) is 19.9 Å². The molecule has 43 heavy (non-hydrogen) atoms. The van der Waals surface area contributed by atoms with Crippen molar-refractivity contribution in [3.05, 3.63) is 69.1 Å². The number of ether oxygens (including phenoxy) is 1. The zero-order chi connectivity index (χ0) is 30.5. The summed E-state index contributed by atoms with van der Waals surface area (Å²) in [6, 6.07) is 15.0. The van der Waals surface area contributed by atoms with Crippen LogP contribution in [0.2, 0.25) is 0 Å². The van der Waals surface area contributed by atoms with Gasteiger partial charge in [0.05, 0.1) is 30.1 Å². The van der Waals surface area contributed by atoms with Crippen LogP contribution >= 0.6 is 0 Å². The van der Waals surface area contributed by atoms with Crippen molar-refractivity contribution in [3.63, 3.8) is 0 Å². The zero-order valence-electron chi connectivity index (χ0n) is 24.2. The highest BCUT2D eigenvalue weighted by Gasteiger charge is 2.31. The SMILES string of the molecule is CN(c1c(C#N)c(=O)n(C)c2ccc(C#N)nc12)C1CCC(/C(=N/OC(F)F)c2ccc(CN3CCOCC3)cc2)CC1. The molecule has 1 saturated carbocycles. The van der Waals surface area contributed by atoms with Crippen molar-refractivity contribution in [2.45, 2.75) is 44.9 Å². The van der Waals surface area contributed by atoms with E-state index in [0.717, 1.165) is 30.8 Å². The van der Waals surface area contributed by atoms with Gasteiger partial charge in [-0.1, -0.05) is 29.4 Å². The quantitative estimate of drug-likeness (QED) is 0.284. The van der Waals surface area contributed by atoms with Crippen molar-refractivity contribution in [2.24, 2.45) is 18.1 Å². The first-order valence-electron chi connectivity index (χ1n) is 14.3. The highest BCUT2D eigenvalue weighted by Crippen LogP contribution is 2.35. The Balaban J connectivity index is 1.36. The van der Waals surface area contributed by atoms with E-state index in [0.29, 0.717) is 61.3 Å². The average molecular weight is 590 g/mol. The van der Waals surface area contributed by atoms with Gasteiger partial charge in [-0.25, -0.2) is 4.98 Å². The summed E-state index contributed by atoms with van der Waals surface area (Å²) in [6.07, 6.45) is 2.59. The molecular weight excluding hydrogens is 556 g/mol. The number of benzene rings is 1. The Hall–Kier alpha value is -4.39. The van der Waals surface area contributed by atoms with E-state index in [4.69, 9.17) is 4.74 Å². The van der Waals surface area contributed by atoms with Crippen LogP contribution in [0.15, 0.2) is 46.3 Å². The van der Waals surface area contributed by atoms with Crippen LogP contribution in [0.1, 0.15) is 48.1 Å². The van der Waals surface area contributed by atoms with Gasteiger partial charge in [-0.15, -0.1) is 0 Å². The molecule has 2 aromatic heterocycles. The van der Waals surface area contributed by atoms with Crippen LogP contribution in [0.3, 0.4) is 0 Å². The molecule has 3 aromatic rings. The van der Waals surface area contributed by atoms with E-state index < -0.39 is 12.2 Å². The number of hydrogen-bond donors (Lipinski definition) is 0. The van der Waals surface area contributed by atoms with Crippen molar-refractivity contribution >= 4 is 22.4 Å². The summed E-state index contributed by atoms with van der Waals surface area (Å²) in [5.41, 5.74) is 3.38. The van der Waals surface area contributed by atoms with Gasteiger partial charge in [0.15, 0.2) is 0 Å². The van der Waals surface area contributed by atoms with Gasteiger partial charge in [-0.3, -0.25) is 9.69 Å². The largest absolute Gasteiger partial charge is 0.407 e. The van der Waals surface area contributed by atoms with Gasteiger partial charge < -0.3 is 19.0 Å². The van der Waals surface area contributed by atoms with Crippen LogP contribution in [0.25, 0.3) is 11.0 Å². The van der Waals surface area contributed by atoms with Crippen LogP contribution in [0.5, 0.6) is 0 Å². The van der Waals surface area contributed by atoms with Crippen molar-refractivity contribution in [2.75, 3.05) is 38.3 Å². The third kappa shape index (κ3) is 6.51. The first kappa shape index (κ1) is 30.1. The predicted molar refractivity (Wildman–Crippen MR) is 157 cm³/mol. The highest BCUT2D eigenvalue weighted by atomic mass is 19.3. The smallest absolute Gasteiger partial charge is 0.379 e. The van der Waals surface area contributed by atoms with E-state index in [1.165, 1.54) is 4.57 Å². The molecule has 0 spiro atoms. The maximum absolute atomic E-state index is 13.1. The van der Waals surface area contributed by atoms with E-state index in [1.807, 2.05) is 48.4 Å². The van der Waals surface area contributed by atoms with E-state index >= 15 is 0 Å². The number of aryl methyl sites for hydroxylation is 1. The normalized spacial score (nSPS) is 19.7. The van der Waals surface area contributed by atoms with E-state index in [9.17, 15) is 24.1 Å². The minimum absolute atomic E-state index is 0.0352. The first-order valence-corrected chi connectivity index (χ1v) is 14.3. The van der Waals surface area contributed by atoms with Gasteiger partial charge in [-0.05, 0) is 48.9 Å². The molecule has 1 aromatic carbocycles. The minimum atomic E-state index is -3.03. The van der Waals surface area contributed by atoms with E-state index in [1.54, 1.807) is 19.2 Å². The standard InChI is InChI=1S/C31H33F2N7O3/c1-38(29-25(18-35)30(41)39(2)26-12-9-23(17-34)36-28(26)29)24-10-7-22(8-11-24)27(37-43-31(32)33)21-5-3-20(4-6-21)19-40-13-15-42-16-14-40/h3-6,9,12,22,24,31H,7-8,10-11,13-16,19H2,1-2H3/b37-27+. The molecule has 0 N–H and O–H groups in total. The van der Waals surface area contributed by atoms with Crippen LogP contribution in [-0.2, 0) is 23.2 Å². The molecule has 3 heterocycles. The lowest BCUT2D eigenvalue weighted by Gasteiger charge is -2.37. The third-order valence-corrected chi connectivity index (χ3v) is 8.42. The number of morpholine rings is 1. The summed E-state index contributed by atoms with van der Waals surface area (Å²) in [4.78, 5) is 26.2. The van der Waals surface area contributed by atoms with Crippen molar-refractivity contribution in [1.82, 2.24) is 14.5 Å². The molecule has 2 aliphatic rings. The molecule has 1 aliphatic heterocycles. The Bertz CT molecular complexity index is 1630. The molecule has 0 radical (unpaired) electrons. The number of alkyl halides is 2. The number of anilines is 1. The van der Waals surface area contributed by atoms with Gasteiger partial charge in [-0.2, -0.15) is 19.3 Å². The van der Waals surface area contributed by atoms with Gasteiger partial charge in [0.25, 0.3) is 5.56 Å². The number of nitrogens with zero attached hydrogens (tertiary/aromatic N) is 7. The second-order valence-corrected chi connectivity index (χ2v) is 10.9. The van der Waals surface area contributed by atoms with Gasteiger partial charge in [0.1, 0.15) is 28.9 Å². The van der Waals surface area contributed by atoms with Crippen molar-refractivity contribution in [1.29, 1.82) is 10.5 Å². The molecule has 12 heteroatoms. The maximum Gasteiger partial charge on any atom is 0.407 e. The summed E-state index contributed by atoms with van der Waals surface area (Å²) < 4.78 is 32.9. The van der Waals surface area contributed by atoms with Crippen LogP contribution in [0, 0.1) is 28.6 Å². The van der Waals surface area contributed by atoms with Crippen LogP contribution < -0.4 is 10.5 Å². The lowest BCUT2D eigenvalue weighted by molar-refractivity contribution is -0.128. The fourth-order valence-electron chi connectivity index (χ4n) is 6.08. The monoisotopic (exact) mass is 589 g/mol. The molecule has 224 valence electrons. The molecule has 0 unspecified atom stereocenters. The second-order valence-electron chi connectivity index (χ2n) is 10.9. The van der Waals surface area contributed by atoms with Crippen LogP contribution in [-0.4, -0.2) is 66.2 Å². The Morgan fingerprint density at radius 3 is 2.44 bits per heavy atom. The summed E-state index contributed by atoms with van der Waals surface area (Å²) in [7, 11) is 3.40. The molecule has 0 amide bonds. The summed E-state index contributed by atoms with van der Waals surface area (Å²) >= 11 is 0. The molecule has 1 aliphatic carbocycles. The topological polar surface area (TPSA) is 120 Å². The lowest BCUT2D eigenvalue weighted by atomic mass is 9.80. The predicted octanol–water partition coefficient (Wildman–Crippen LogP) is 4.15. The number of oxime groups is 1. The minimum Gasteiger partial charge on any atom is -0.379 e. The molecule has 0 bridgehead atoms. The fraction of sp³-hybridized carbons (Fsp3) is 0.452. The first-order chi connectivity index (χ1) is 20.8. The number of pyridine rings is 2. The average Bonchev–Trinajstić information content (AvgIpc) is 3.03. The molecule has 0 atom stereocenters.